The molecule has 0 aliphatic carbocycles. The standard InChI is InChI=1S/C37H53N7O12/c1-3-20(2)31(44-32(50)25(39)6-4-5-15-38)36(54)43-29(19-45)35(53)40-26(16-21-7-11-23(46)12-8-21)33(51)41-27(18-30(48)49)34(52)42-28(37(55)56)17-22-9-13-24(47)14-10-22/h7-14,20,25-29,31,45-47H,3-6,15-19,38-39H2,1-2H3,(H,40,53)(H,41,51)(H,42,52)(H,43,54)(H,44,50)(H,48,49)(H,55,56)/t20-,25-,26-,27-,28-,29-,31-/m0/s1. The van der Waals surface area contributed by atoms with Gasteiger partial charge < -0.3 is 63.6 Å². The highest BCUT2D eigenvalue weighted by Gasteiger charge is 2.34. The SMILES string of the molecule is CC[C@H](C)[C@H](NC(=O)[C@@H](N)CCCCN)C(=O)N[C@@H](CO)C(=O)N[C@@H](Cc1ccc(O)cc1)C(=O)N[C@@H](CC(=O)O)C(=O)N[C@@H](Cc1ccc(O)cc1)C(=O)O. The van der Waals surface area contributed by atoms with Crippen molar-refractivity contribution in [3.63, 3.8) is 0 Å². The first-order chi connectivity index (χ1) is 26.5. The normalized spacial score (nSPS) is 14.7. The Kier molecular flexibility index (Phi) is 19.2. The predicted molar refractivity (Wildman–Crippen MR) is 201 cm³/mol. The molecule has 56 heavy (non-hydrogen) atoms. The number of amides is 5. The fourth-order valence-electron chi connectivity index (χ4n) is 5.40. The summed E-state index contributed by atoms with van der Waals surface area (Å²) in [4.78, 5) is 90.6. The Morgan fingerprint density at radius 1 is 0.643 bits per heavy atom. The number of aliphatic carboxylic acids is 2. The Balaban J connectivity index is 2.31. The van der Waals surface area contributed by atoms with Crippen molar-refractivity contribution in [2.45, 2.75) is 95.0 Å². The summed E-state index contributed by atoms with van der Waals surface area (Å²) in [6, 6.07) is 2.19. The Morgan fingerprint density at radius 3 is 1.59 bits per heavy atom. The molecule has 0 radical (unpaired) electrons. The van der Waals surface area contributed by atoms with Gasteiger partial charge in [-0.2, -0.15) is 0 Å². The van der Waals surface area contributed by atoms with Gasteiger partial charge in [0, 0.05) is 12.8 Å². The number of aliphatic hydroxyl groups excluding tert-OH is 1. The summed E-state index contributed by atoms with van der Waals surface area (Å²) in [5, 5.41) is 60.6. The van der Waals surface area contributed by atoms with Crippen molar-refractivity contribution in [3.8, 4) is 11.5 Å². The number of benzene rings is 2. The molecule has 0 spiro atoms. The van der Waals surface area contributed by atoms with Crippen molar-refractivity contribution in [1.29, 1.82) is 0 Å². The Morgan fingerprint density at radius 2 is 1.11 bits per heavy atom. The van der Waals surface area contributed by atoms with Crippen molar-refractivity contribution >= 4 is 41.5 Å². The van der Waals surface area contributed by atoms with Gasteiger partial charge in [0.15, 0.2) is 0 Å². The van der Waals surface area contributed by atoms with Gasteiger partial charge in [0.25, 0.3) is 0 Å². The number of unbranched alkanes of at least 4 members (excludes halogenated alkanes) is 1. The summed E-state index contributed by atoms with van der Waals surface area (Å²) in [6.07, 6.45) is 0.444. The fraction of sp³-hybridized carbons (Fsp3) is 0.486. The average Bonchev–Trinajstić information content (AvgIpc) is 3.15. The summed E-state index contributed by atoms with van der Waals surface area (Å²) in [7, 11) is 0. The van der Waals surface area contributed by atoms with Crippen LogP contribution in [0.2, 0.25) is 0 Å². The van der Waals surface area contributed by atoms with Crippen LogP contribution in [0, 0.1) is 5.92 Å². The maximum Gasteiger partial charge on any atom is 0.326 e. The van der Waals surface area contributed by atoms with E-state index in [4.69, 9.17) is 11.5 Å². The third-order valence-corrected chi connectivity index (χ3v) is 8.93. The lowest BCUT2D eigenvalue weighted by Crippen LogP contribution is -2.61. The zero-order valence-corrected chi connectivity index (χ0v) is 31.3. The second-order valence-corrected chi connectivity index (χ2v) is 13.4. The first-order valence-corrected chi connectivity index (χ1v) is 18.1. The van der Waals surface area contributed by atoms with Crippen LogP contribution in [-0.4, -0.2) is 116 Å². The Labute approximate surface area is 323 Å². The van der Waals surface area contributed by atoms with E-state index in [-0.39, 0.29) is 24.3 Å². The highest BCUT2D eigenvalue weighted by Crippen LogP contribution is 2.14. The molecule has 0 aliphatic rings. The van der Waals surface area contributed by atoms with E-state index in [0.717, 1.165) is 0 Å². The molecule has 0 bridgehead atoms. The molecule has 2 aromatic rings. The molecule has 0 heterocycles. The zero-order chi connectivity index (χ0) is 41.9. The average molecular weight is 788 g/mol. The third kappa shape index (κ3) is 15.5. The van der Waals surface area contributed by atoms with Gasteiger partial charge in [-0.05, 0) is 60.7 Å². The second-order valence-electron chi connectivity index (χ2n) is 13.4. The quantitative estimate of drug-likeness (QED) is 0.0532. The molecule has 2 rings (SSSR count). The van der Waals surface area contributed by atoms with Crippen molar-refractivity contribution in [2.75, 3.05) is 13.2 Å². The predicted octanol–water partition coefficient (Wildman–Crippen LogP) is -1.64. The van der Waals surface area contributed by atoms with E-state index < -0.39 is 96.7 Å². The minimum absolute atomic E-state index is 0.0789. The molecule has 308 valence electrons. The van der Waals surface area contributed by atoms with Gasteiger partial charge in [-0.3, -0.25) is 28.8 Å². The van der Waals surface area contributed by atoms with Crippen LogP contribution in [0.4, 0.5) is 0 Å². The minimum Gasteiger partial charge on any atom is -0.508 e. The van der Waals surface area contributed by atoms with Gasteiger partial charge in [0.05, 0.1) is 19.1 Å². The number of nitrogens with one attached hydrogen (secondary N) is 5. The molecule has 19 nitrogen and oxygen atoms in total. The number of carbonyl (C=O) groups excluding carboxylic acids is 5. The molecule has 14 N–H and O–H groups in total. The molecule has 19 heteroatoms. The van der Waals surface area contributed by atoms with Crippen molar-refractivity contribution in [1.82, 2.24) is 26.6 Å². The molecule has 0 unspecified atom stereocenters. The zero-order valence-electron chi connectivity index (χ0n) is 31.3. The van der Waals surface area contributed by atoms with Gasteiger partial charge >= 0.3 is 11.9 Å². The van der Waals surface area contributed by atoms with E-state index in [1.807, 2.05) is 0 Å². The summed E-state index contributed by atoms with van der Waals surface area (Å²) in [5.41, 5.74) is 12.3. The molecule has 7 atom stereocenters. The van der Waals surface area contributed by atoms with E-state index >= 15 is 0 Å². The third-order valence-electron chi connectivity index (χ3n) is 8.93. The first kappa shape index (κ1) is 46.4. The van der Waals surface area contributed by atoms with Gasteiger partial charge in [0.1, 0.15) is 41.7 Å². The summed E-state index contributed by atoms with van der Waals surface area (Å²) >= 11 is 0. The largest absolute Gasteiger partial charge is 0.508 e. The summed E-state index contributed by atoms with van der Waals surface area (Å²) in [5.74, 6) is -8.38. The van der Waals surface area contributed by atoms with Crippen LogP contribution in [0.15, 0.2) is 48.5 Å². The number of nitrogens with two attached hydrogens (primary N) is 2. The molecule has 0 saturated carbocycles. The van der Waals surface area contributed by atoms with Crippen LogP contribution in [0.5, 0.6) is 11.5 Å². The van der Waals surface area contributed by atoms with Gasteiger partial charge in [-0.1, -0.05) is 51.0 Å². The number of carboxylic acids is 2. The first-order valence-electron chi connectivity index (χ1n) is 18.1. The lowest BCUT2D eigenvalue weighted by molar-refractivity contribution is -0.143. The Bertz CT molecular complexity index is 1640. The lowest BCUT2D eigenvalue weighted by Gasteiger charge is -2.28. The number of carbonyl (C=O) groups is 7. The highest BCUT2D eigenvalue weighted by molar-refractivity contribution is 5.97. The molecule has 0 aromatic heterocycles. The molecule has 0 fully saturated rings. The molecule has 2 aromatic carbocycles. The van der Waals surface area contributed by atoms with E-state index in [9.17, 15) is 59.1 Å². The number of phenolic OH excluding ortho intramolecular Hbond substituents is 2. The van der Waals surface area contributed by atoms with Crippen LogP contribution in [0.25, 0.3) is 0 Å². The van der Waals surface area contributed by atoms with Gasteiger partial charge in [-0.15, -0.1) is 0 Å². The summed E-state index contributed by atoms with van der Waals surface area (Å²) < 4.78 is 0. The van der Waals surface area contributed by atoms with E-state index in [1.165, 1.54) is 48.5 Å². The number of phenols is 2. The van der Waals surface area contributed by atoms with Crippen LogP contribution in [0.1, 0.15) is 57.1 Å². The fourth-order valence-corrected chi connectivity index (χ4v) is 5.40. The second kappa shape index (κ2) is 23.2. The molecule has 0 saturated heterocycles. The number of aliphatic hydroxyl groups is 1. The summed E-state index contributed by atoms with van der Waals surface area (Å²) in [6.45, 7) is 2.93. The molecular formula is C37H53N7O12. The molecule has 5 amide bonds. The smallest absolute Gasteiger partial charge is 0.326 e. The minimum atomic E-state index is -1.84. The van der Waals surface area contributed by atoms with Crippen molar-refractivity contribution in [3.05, 3.63) is 59.7 Å². The number of aromatic hydroxyl groups is 2. The van der Waals surface area contributed by atoms with Gasteiger partial charge in [-0.25, -0.2) is 4.79 Å². The Hall–Kier alpha value is -5.79. The lowest BCUT2D eigenvalue weighted by atomic mass is 9.97. The monoisotopic (exact) mass is 787 g/mol. The number of carboxylic acid groups (broad SMARTS) is 2. The highest BCUT2D eigenvalue weighted by atomic mass is 16.4. The number of hydrogen-bond donors (Lipinski definition) is 12. The van der Waals surface area contributed by atoms with E-state index in [1.54, 1.807) is 13.8 Å². The van der Waals surface area contributed by atoms with Crippen LogP contribution in [0.3, 0.4) is 0 Å². The molecular weight excluding hydrogens is 734 g/mol. The van der Waals surface area contributed by atoms with E-state index in [2.05, 4.69) is 26.6 Å². The number of rotatable bonds is 24. The van der Waals surface area contributed by atoms with Crippen LogP contribution < -0.4 is 38.1 Å². The number of hydrogen-bond acceptors (Lipinski definition) is 12. The van der Waals surface area contributed by atoms with Crippen LogP contribution >= 0.6 is 0 Å². The molecule has 0 aliphatic heterocycles. The maximum atomic E-state index is 13.7. The topological polar surface area (TPSA) is 333 Å². The van der Waals surface area contributed by atoms with Crippen LogP contribution in [-0.2, 0) is 46.4 Å². The maximum absolute atomic E-state index is 13.7. The van der Waals surface area contributed by atoms with Gasteiger partial charge in [0.2, 0.25) is 29.5 Å². The van der Waals surface area contributed by atoms with Crippen molar-refractivity contribution < 1.29 is 59.1 Å². The van der Waals surface area contributed by atoms with Crippen molar-refractivity contribution in [2.24, 2.45) is 17.4 Å². The van der Waals surface area contributed by atoms with E-state index in [0.29, 0.717) is 43.4 Å².